The number of ether oxygens (including phenoxy) is 3. The Labute approximate surface area is 353 Å². The summed E-state index contributed by atoms with van der Waals surface area (Å²) in [4.78, 5) is 63.3. The zero-order valence-electron chi connectivity index (χ0n) is 35.6. The smallest absolute Gasteiger partial charge is 0.311 e. The number of piperidine rings is 1. The highest BCUT2D eigenvalue weighted by Crippen LogP contribution is 2.36. The molecule has 2 aromatic carbocycles. The number of aromatic nitrogens is 1. The molecule has 2 aliphatic rings. The number of likely N-dealkylation sites (tertiary alicyclic amines) is 1. The summed E-state index contributed by atoms with van der Waals surface area (Å²) in [6, 6.07) is 14.0. The second-order valence-corrected chi connectivity index (χ2v) is 17.2. The summed E-state index contributed by atoms with van der Waals surface area (Å²) in [6.07, 6.45) is 3.94. The number of likely N-dealkylation sites (N-methyl/N-ethyl adjacent to an activating group) is 1. The number of carboxylic acids is 1. The quantitative estimate of drug-likeness (QED) is 0.111. The predicted molar refractivity (Wildman–Crippen MR) is 228 cm³/mol. The molecule has 5 rings (SSSR count). The zero-order valence-corrected chi connectivity index (χ0v) is 36.5. The van der Waals surface area contributed by atoms with Gasteiger partial charge in [0.05, 0.1) is 18.6 Å². The minimum Gasteiger partial charge on any atom is -0.481 e. The number of thiazole rings is 1. The average molecular weight is 834 g/mol. The van der Waals surface area contributed by atoms with E-state index in [-0.39, 0.29) is 54.6 Å². The third-order valence-electron chi connectivity index (χ3n) is 12.0. The molecule has 1 fully saturated rings. The molecule has 1 aliphatic carbocycles. The van der Waals surface area contributed by atoms with Crippen LogP contribution in [0, 0.1) is 11.8 Å². The fourth-order valence-electron chi connectivity index (χ4n) is 8.33. The van der Waals surface area contributed by atoms with Crippen LogP contribution in [-0.4, -0.2) is 116 Å². The molecule has 322 valence electrons. The van der Waals surface area contributed by atoms with Gasteiger partial charge in [0.2, 0.25) is 11.8 Å². The minimum absolute atomic E-state index is 0.0231. The Balaban J connectivity index is 1.34. The fourth-order valence-corrected chi connectivity index (χ4v) is 9.19. The lowest BCUT2D eigenvalue weighted by molar-refractivity contribution is -0.144. The largest absolute Gasteiger partial charge is 0.481 e. The number of amides is 3. The standard InChI is InChI=1S/C45H63N5O8S/c1-8-29(4)40(48-42(52)37-16-12-13-19-49(37)5)44(53)50(20-21-56-6)38(28(2)3)25-39(58-27-57-7)43-47-36(26-59-43)41(51)46-33-22-32-18-17-31(30-14-10-9-11-15-30)23-34(32)35(24-33)45(54)55/h9-11,14-15,17-18,23,26,28-29,33,35,37-40H,8,12-13,16,19-22,24-25,27H2,1-7H3,(H,46,51)(H,48,52)(H,54,55)/t29?,33-,35+,37?,38+,39+,40?/m0/s1. The van der Waals surface area contributed by atoms with Crippen molar-refractivity contribution >= 4 is 35.0 Å². The van der Waals surface area contributed by atoms with Crippen molar-refractivity contribution in [3.05, 3.63) is 75.7 Å². The number of benzene rings is 2. The Morgan fingerprint density at radius 1 is 1.03 bits per heavy atom. The summed E-state index contributed by atoms with van der Waals surface area (Å²) in [7, 11) is 5.09. The van der Waals surface area contributed by atoms with E-state index in [1.807, 2.05) is 74.3 Å². The van der Waals surface area contributed by atoms with E-state index in [4.69, 9.17) is 19.2 Å². The Hall–Kier alpha value is -4.21. The van der Waals surface area contributed by atoms with Gasteiger partial charge >= 0.3 is 5.97 Å². The highest BCUT2D eigenvalue weighted by molar-refractivity contribution is 7.09. The zero-order chi connectivity index (χ0) is 42.6. The molecule has 13 nitrogen and oxygen atoms in total. The first kappa shape index (κ1) is 45.9. The van der Waals surface area contributed by atoms with Crippen LogP contribution in [0.2, 0.25) is 0 Å². The van der Waals surface area contributed by atoms with Gasteiger partial charge in [-0.15, -0.1) is 11.3 Å². The molecule has 3 N–H and O–H groups in total. The number of nitrogens with zero attached hydrogens (tertiary/aromatic N) is 3. The lowest BCUT2D eigenvalue weighted by atomic mass is 9.79. The Bertz CT molecular complexity index is 1860. The van der Waals surface area contributed by atoms with Crippen molar-refractivity contribution in [2.75, 3.05) is 47.8 Å². The molecule has 3 amide bonds. The van der Waals surface area contributed by atoms with Crippen LogP contribution in [0.1, 0.15) is 105 Å². The molecule has 0 spiro atoms. The summed E-state index contributed by atoms with van der Waals surface area (Å²) in [5.41, 5.74) is 3.83. The molecular weight excluding hydrogens is 771 g/mol. The molecule has 1 aromatic heterocycles. The first-order chi connectivity index (χ1) is 28.4. The van der Waals surface area contributed by atoms with Gasteiger partial charge in [0.15, 0.2) is 0 Å². The predicted octanol–water partition coefficient (Wildman–Crippen LogP) is 6.29. The monoisotopic (exact) mass is 833 g/mol. The highest BCUT2D eigenvalue weighted by atomic mass is 32.1. The number of nitrogens with one attached hydrogen (secondary N) is 2. The van der Waals surface area contributed by atoms with Gasteiger partial charge in [-0.1, -0.05) is 89.1 Å². The van der Waals surface area contributed by atoms with Crippen molar-refractivity contribution in [2.45, 2.75) is 109 Å². The van der Waals surface area contributed by atoms with Crippen molar-refractivity contribution in [2.24, 2.45) is 11.8 Å². The summed E-state index contributed by atoms with van der Waals surface area (Å²) >= 11 is 1.29. The van der Waals surface area contributed by atoms with E-state index in [0.29, 0.717) is 37.4 Å². The molecule has 0 bridgehead atoms. The summed E-state index contributed by atoms with van der Waals surface area (Å²) in [6.45, 7) is 9.53. The second kappa shape index (κ2) is 21.9. The molecule has 14 heteroatoms. The topological polar surface area (TPSA) is 160 Å². The number of hydrogen-bond donors (Lipinski definition) is 3. The number of carbonyl (C=O) groups excluding carboxylic acids is 3. The lowest BCUT2D eigenvalue weighted by Crippen LogP contribution is -2.59. The molecule has 59 heavy (non-hydrogen) atoms. The number of carboxylic acid groups (broad SMARTS) is 1. The normalized spacial score (nSPS) is 20.2. The van der Waals surface area contributed by atoms with Crippen LogP contribution >= 0.6 is 11.3 Å². The van der Waals surface area contributed by atoms with Crippen LogP contribution in [0.3, 0.4) is 0 Å². The maximum absolute atomic E-state index is 14.7. The van der Waals surface area contributed by atoms with E-state index in [2.05, 4.69) is 29.4 Å². The van der Waals surface area contributed by atoms with E-state index in [1.165, 1.54) is 18.4 Å². The molecule has 3 unspecified atom stereocenters. The fraction of sp³-hybridized carbons (Fsp3) is 0.578. The maximum atomic E-state index is 14.7. The molecule has 2 heterocycles. The number of hydrogen-bond acceptors (Lipinski definition) is 10. The van der Waals surface area contributed by atoms with Crippen LogP contribution < -0.4 is 10.6 Å². The van der Waals surface area contributed by atoms with Gasteiger partial charge in [-0.2, -0.15) is 0 Å². The molecule has 1 saturated heterocycles. The summed E-state index contributed by atoms with van der Waals surface area (Å²) < 4.78 is 17.0. The number of carbonyl (C=O) groups is 4. The van der Waals surface area contributed by atoms with Crippen LogP contribution in [-0.2, 0) is 35.0 Å². The Morgan fingerprint density at radius 3 is 2.46 bits per heavy atom. The van der Waals surface area contributed by atoms with Crippen LogP contribution in [0.5, 0.6) is 0 Å². The number of methoxy groups -OCH3 is 2. The first-order valence-electron chi connectivity index (χ1n) is 20.9. The van der Waals surface area contributed by atoms with Crippen LogP contribution in [0.15, 0.2) is 53.9 Å². The lowest BCUT2D eigenvalue weighted by Gasteiger charge is -2.40. The first-order valence-corrected chi connectivity index (χ1v) is 21.8. The van der Waals surface area contributed by atoms with Crippen molar-refractivity contribution in [1.82, 2.24) is 25.4 Å². The Morgan fingerprint density at radius 2 is 1.80 bits per heavy atom. The second-order valence-electron chi connectivity index (χ2n) is 16.3. The summed E-state index contributed by atoms with van der Waals surface area (Å²) in [5.74, 6) is -2.54. The van der Waals surface area contributed by atoms with Crippen molar-refractivity contribution in [1.29, 1.82) is 0 Å². The summed E-state index contributed by atoms with van der Waals surface area (Å²) in [5, 5.41) is 18.7. The van der Waals surface area contributed by atoms with Gasteiger partial charge in [0.1, 0.15) is 29.6 Å². The van der Waals surface area contributed by atoms with Gasteiger partial charge in [-0.3, -0.25) is 24.1 Å². The van der Waals surface area contributed by atoms with Crippen molar-refractivity contribution < 1.29 is 38.5 Å². The molecule has 0 radical (unpaired) electrons. The molecule has 0 saturated carbocycles. The number of aliphatic carboxylic acids is 1. The Kier molecular flexibility index (Phi) is 17.0. The van der Waals surface area contributed by atoms with E-state index in [9.17, 15) is 24.3 Å². The van der Waals surface area contributed by atoms with Gasteiger partial charge in [-0.05, 0) is 73.4 Å². The van der Waals surface area contributed by atoms with Crippen LogP contribution in [0.25, 0.3) is 11.1 Å². The van der Waals surface area contributed by atoms with E-state index >= 15 is 0 Å². The minimum atomic E-state index is -0.933. The van der Waals surface area contributed by atoms with Crippen molar-refractivity contribution in [3.63, 3.8) is 0 Å². The number of rotatable bonds is 20. The third-order valence-corrected chi connectivity index (χ3v) is 12.9. The van der Waals surface area contributed by atoms with Gasteiger partial charge in [0, 0.05) is 44.6 Å². The third kappa shape index (κ3) is 11.8. The van der Waals surface area contributed by atoms with E-state index < -0.39 is 36.0 Å². The SMILES string of the molecule is CCC(C)C(NC(=O)C1CCCCN1C)C(=O)N(CCOC)[C@H](C[C@@H](OCOC)c1nc(C(=O)N[C@H]2Cc3ccc(-c4ccccc4)cc3[C@H](C(=O)O)C2)cs1)C(C)C. The van der Waals surface area contributed by atoms with Gasteiger partial charge in [-0.25, -0.2) is 4.98 Å². The highest BCUT2D eigenvalue weighted by Gasteiger charge is 2.39. The molecule has 1 aliphatic heterocycles. The van der Waals surface area contributed by atoms with E-state index in [1.54, 1.807) is 12.5 Å². The molecule has 3 aromatic rings. The number of fused-ring (bicyclic) bond motifs is 1. The maximum Gasteiger partial charge on any atom is 0.311 e. The van der Waals surface area contributed by atoms with Crippen molar-refractivity contribution in [3.8, 4) is 11.1 Å². The van der Waals surface area contributed by atoms with Gasteiger partial charge < -0.3 is 34.9 Å². The van der Waals surface area contributed by atoms with Gasteiger partial charge in [0.25, 0.3) is 5.91 Å². The molecular formula is C45H63N5O8S. The van der Waals surface area contributed by atoms with E-state index in [0.717, 1.165) is 48.1 Å². The average Bonchev–Trinajstić information content (AvgIpc) is 3.73. The molecule has 7 atom stereocenters. The van der Waals surface area contributed by atoms with Crippen LogP contribution in [0.4, 0.5) is 0 Å².